The molecule has 1 saturated carbocycles. The summed E-state index contributed by atoms with van der Waals surface area (Å²) in [6.45, 7) is 4.27. The Bertz CT molecular complexity index is 567. The third kappa shape index (κ3) is 2.79. The molecule has 0 aromatic heterocycles. The molecular formula is C12H17ClN2O2S. The lowest BCUT2D eigenvalue weighted by molar-refractivity contribution is 0.493. The summed E-state index contributed by atoms with van der Waals surface area (Å²) >= 11 is 6.06. The van der Waals surface area contributed by atoms with Crippen molar-refractivity contribution in [3.63, 3.8) is 0 Å². The maximum atomic E-state index is 11.3. The molecule has 1 aliphatic carbocycles. The summed E-state index contributed by atoms with van der Waals surface area (Å²) in [7, 11) is -3.70. The minimum absolute atomic E-state index is 0.0718. The van der Waals surface area contributed by atoms with Crippen molar-refractivity contribution in [1.82, 2.24) is 0 Å². The summed E-state index contributed by atoms with van der Waals surface area (Å²) in [5, 5.41) is 8.88. The van der Waals surface area contributed by atoms with Crippen LogP contribution in [0.5, 0.6) is 0 Å². The van der Waals surface area contributed by atoms with Crippen molar-refractivity contribution in [1.29, 1.82) is 0 Å². The third-order valence-corrected chi connectivity index (χ3v) is 4.96. The van der Waals surface area contributed by atoms with Crippen LogP contribution in [0.25, 0.3) is 0 Å². The molecule has 2 rings (SSSR count). The van der Waals surface area contributed by atoms with E-state index in [9.17, 15) is 8.42 Å². The summed E-state index contributed by atoms with van der Waals surface area (Å²) in [5.41, 5.74) is 0.893. The molecule has 4 nitrogen and oxygen atoms in total. The lowest BCUT2D eigenvalue weighted by Crippen LogP contribution is -2.25. The molecule has 1 atom stereocenters. The average Bonchev–Trinajstić information content (AvgIpc) is 2.99. The molecule has 0 saturated heterocycles. The van der Waals surface area contributed by atoms with Crippen molar-refractivity contribution >= 4 is 27.3 Å². The summed E-state index contributed by atoms with van der Waals surface area (Å²) in [4.78, 5) is 0.0718. The molecule has 1 aromatic rings. The molecule has 0 aliphatic heterocycles. The Morgan fingerprint density at radius 1 is 1.44 bits per heavy atom. The zero-order chi connectivity index (χ0) is 13.6. The molecule has 1 fully saturated rings. The number of halogens is 1. The number of benzene rings is 1. The van der Waals surface area contributed by atoms with E-state index in [0.29, 0.717) is 10.7 Å². The first-order valence-electron chi connectivity index (χ1n) is 5.81. The fourth-order valence-electron chi connectivity index (χ4n) is 1.83. The van der Waals surface area contributed by atoms with Crippen LogP contribution in [0.4, 0.5) is 5.69 Å². The summed E-state index contributed by atoms with van der Waals surface area (Å²) in [6, 6.07) is 4.68. The van der Waals surface area contributed by atoms with Crippen molar-refractivity contribution in [2.24, 2.45) is 10.6 Å². The van der Waals surface area contributed by atoms with E-state index in [2.05, 4.69) is 19.2 Å². The van der Waals surface area contributed by atoms with E-state index in [1.54, 1.807) is 6.07 Å². The zero-order valence-corrected chi connectivity index (χ0v) is 12.0. The maximum absolute atomic E-state index is 11.3. The highest BCUT2D eigenvalue weighted by molar-refractivity contribution is 7.89. The normalized spacial score (nSPS) is 19.3. The van der Waals surface area contributed by atoms with Gasteiger partial charge in [0.2, 0.25) is 10.0 Å². The van der Waals surface area contributed by atoms with Gasteiger partial charge >= 0.3 is 0 Å². The lowest BCUT2D eigenvalue weighted by Gasteiger charge is -2.22. The van der Waals surface area contributed by atoms with Crippen LogP contribution < -0.4 is 10.5 Å². The fourth-order valence-corrected chi connectivity index (χ4v) is 2.54. The van der Waals surface area contributed by atoms with Crippen LogP contribution >= 0.6 is 11.6 Å². The maximum Gasteiger partial charge on any atom is 0.238 e. The number of nitrogens with one attached hydrogen (secondary N) is 1. The molecule has 0 heterocycles. The Hall–Kier alpha value is -0.780. The second kappa shape index (κ2) is 4.40. The number of anilines is 1. The Labute approximate surface area is 113 Å². The number of primary sulfonamides is 1. The van der Waals surface area contributed by atoms with E-state index in [-0.39, 0.29) is 16.4 Å². The smallest absolute Gasteiger partial charge is 0.238 e. The quantitative estimate of drug-likeness (QED) is 0.894. The van der Waals surface area contributed by atoms with E-state index in [0.717, 1.165) is 0 Å². The molecule has 0 radical (unpaired) electrons. The van der Waals surface area contributed by atoms with Crippen molar-refractivity contribution in [3.8, 4) is 0 Å². The molecule has 3 N–H and O–H groups in total. The van der Waals surface area contributed by atoms with Gasteiger partial charge in [0.1, 0.15) is 0 Å². The first kappa shape index (κ1) is 13.6. The van der Waals surface area contributed by atoms with Crippen molar-refractivity contribution in [2.45, 2.75) is 37.6 Å². The number of hydrogen-bond acceptors (Lipinski definition) is 3. The largest absolute Gasteiger partial charge is 0.381 e. The van der Waals surface area contributed by atoms with E-state index < -0.39 is 10.0 Å². The van der Waals surface area contributed by atoms with Gasteiger partial charge in [-0.2, -0.15) is 0 Å². The van der Waals surface area contributed by atoms with Gasteiger partial charge in [0, 0.05) is 6.04 Å². The van der Waals surface area contributed by atoms with Gasteiger partial charge in [-0.15, -0.1) is 0 Å². The SMILES string of the molecule is CC(Nc1cc(S(N)(=O)=O)ccc1Cl)C1(C)CC1. The van der Waals surface area contributed by atoms with Crippen LogP contribution in [0.15, 0.2) is 23.1 Å². The van der Waals surface area contributed by atoms with Crippen LogP contribution in [-0.4, -0.2) is 14.5 Å². The van der Waals surface area contributed by atoms with Crippen LogP contribution in [0.3, 0.4) is 0 Å². The Balaban J connectivity index is 2.27. The van der Waals surface area contributed by atoms with Crippen LogP contribution in [0, 0.1) is 5.41 Å². The number of rotatable bonds is 4. The molecule has 0 spiro atoms. The highest BCUT2D eigenvalue weighted by Crippen LogP contribution is 2.49. The Kier molecular flexibility index (Phi) is 3.34. The molecule has 1 unspecified atom stereocenters. The monoisotopic (exact) mass is 288 g/mol. The Morgan fingerprint density at radius 2 is 2.06 bits per heavy atom. The number of sulfonamides is 1. The Morgan fingerprint density at radius 3 is 2.56 bits per heavy atom. The fraction of sp³-hybridized carbons (Fsp3) is 0.500. The first-order chi connectivity index (χ1) is 8.22. The van der Waals surface area contributed by atoms with Crippen molar-refractivity contribution in [2.75, 3.05) is 5.32 Å². The standard InChI is InChI=1S/C12H17ClN2O2S/c1-8(12(2)5-6-12)15-11-7-9(18(14,16)17)3-4-10(11)13/h3-4,7-8,15H,5-6H2,1-2H3,(H2,14,16,17). The topological polar surface area (TPSA) is 72.2 Å². The zero-order valence-electron chi connectivity index (χ0n) is 10.4. The van der Waals surface area contributed by atoms with Crippen LogP contribution in [0.2, 0.25) is 5.02 Å². The number of hydrogen-bond donors (Lipinski definition) is 2. The lowest BCUT2D eigenvalue weighted by atomic mass is 10.0. The minimum Gasteiger partial charge on any atom is -0.381 e. The molecule has 1 aromatic carbocycles. The first-order valence-corrected chi connectivity index (χ1v) is 7.74. The van der Waals surface area contributed by atoms with Gasteiger partial charge in [0.15, 0.2) is 0 Å². The third-order valence-electron chi connectivity index (χ3n) is 3.72. The van der Waals surface area contributed by atoms with Crippen molar-refractivity contribution in [3.05, 3.63) is 23.2 Å². The van der Waals surface area contributed by atoms with Gasteiger partial charge in [-0.25, -0.2) is 13.6 Å². The van der Waals surface area contributed by atoms with Gasteiger partial charge in [-0.1, -0.05) is 18.5 Å². The second-order valence-electron chi connectivity index (χ2n) is 5.21. The van der Waals surface area contributed by atoms with Crippen LogP contribution in [0.1, 0.15) is 26.7 Å². The molecule has 0 bridgehead atoms. The second-order valence-corrected chi connectivity index (χ2v) is 7.18. The summed E-state index contributed by atoms with van der Waals surface area (Å²) in [5.74, 6) is 0. The highest BCUT2D eigenvalue weighted by Gasteiger charge is 2.42. The average molecular weight is 289 g/mol. The molecule has 0 amide bonds. The minimum atomic E-state index is -3.70. The van der Waals surface area contributed by atoms with E-state index in [1.807, 2.05) is 0 Å². The van der Waals surface area contributed by atoms with Gasteiger partial charge in [-0.05, 0) is 43.4 Å². The van der Waals surface area contributed by atoms with Gasteiger partial charge < -0.3 is 5.32 Å². The van der Waals surface area contributed by atoms with E-state index in [1.165, 1.54) is 25.0 Å². The molecule has 18 heavy (non-hydrogen) atoms. The summed E-state index contributed by atoms with van der Waals surface area (Å²) in [6.07, 6.45) is 2.35. The highest BCUT2D eigenvalue weighted by atomic mass is 35.5. The summed E-state index contributed by atoms with van der Waals surface area (Å²) < 4.78 is 22.6. The molecular weight excluding hydrogens is 272 g/mol. The van der Waals surface area contributed by atoms with E-state index >= 15 is 0 Å². The van der Waals surface area contributed by atoms with Gasteiger partial charge in [0.05, 0.1) is 15.6 Å². The molecule has 6 heteroatoms. The number of nitrogens with two attached hydrogens (primary N) is 1. The molecule has 1 aliphatic rings. The predicted octanol–water partition coefficient (Wildman–Crippen LogP) is 2.59. The van der Waals surface area contributed by atoms with E-state index in [4.69, 9.17) is 16.7 Å². The van der Waals surface area contributed by atoms with Crippen LogP contribution in [-0.2, 0) is 10.0 Å². The van der Waals surface area contributed by atoms with Gasteiger partial charge in [0.25, 0.3) is 0 Å². The van der Waals surface area contributed by atoms with Crippen molar-refractivity contribution < 1.29 is 8.42 Å². The molecule has 100 valence electrons. The van der Waals surface area contributed by atoms with Gasteiger partial charge in [-0.3, -0.25) is 0 Å². The predicted molar refractivity (Wildman–Crippen MR) is 73.3 cm³/mol.